The first-order valence-corrected chi connectivity index (χ1v) is 8.04. The van der Waals surface area contributed by atoms with Gasteiger partial charge in [-0.05, 0) is 37.1 Å². The predicted molar refractivity (Wildman–Crippen MR) is 77.3 cm³/mol. The number of nitrogens with zero attached hydrogens (tertiary/aromatic N) is 1. The summed E-state index contributed by atoms with van der Waals surface area (Å²) in [6.07, 6.45) is 0. The van der Waals surface area contributed by atoms with E-state index in [9.17, 15) is 8.42 Å². The number of aryl methyl sites for hydroxylation is 2. The molecule has 0 radical (unpaired) electrons. The first kappa shape index (κ1) is 16.4. The number of sulfonamides is 1. The summed E-state index contributed by atoms with van der Waals surface area (Å²) in [5.41, 5.74) is 2.04. The van der Waals surface area contributed by atoms with Crippen molar-refractivity contribution in [3.05, 3.63) is 29.3 Å². The van der Waals surface area contributed by atoms with Crippen LogP contribution in [-0.4, -0.2) is 45.4 Å². The van der Waals surface area contributed by atoms with Crippen molar-refractivity contribution in [2.45, 2.75) is 18.7 Å². The van der Waals surface area contributed by atoms with E-state index in [4.69, 9.17) is 16.3 Å². The zero-order valence-electron chi connectivity index (χ0n) is 11.5. The van der Waals surface area contributed by atoms with Crippen LogP contribution >= 0.6 is 11.6 Å². The van der Waals surface area contributed by atoms with Crippen LogP contribution in [0.4, 0.5) is 0 Å². The van der Waals surface area contributed by atoms with Crippen molar-refractivity contribution in [2.75, 3.05) is 32.7 Å². The van der Waals surface area contributed by atoms with Crippen LogP contribution in [0.5, 0.6) is 0 Å². The molecule has 0 heterocycles. The largest absolute Gasteiger partial charge is 0.379 e. The van der Waals surface area contributed by atoms with Gasteiger partial charge in [0.2, 0.25) is 10.0 Å². The first-order chi connectivity index (χ1) is 8.89. The van der Waals surface area contributed by atoms with Crippen LogP contribution in [0.15, 0.2) is 23.1 Å². The summed E-state index contributed by atoms with van der Waals surface area (Å²) in [5.74, 6) is 0.410. The lowest BCUT2D eigenvalue weighted by Gasteiger charge is -2.17. The van der Waals surface area contributed by atoms with Crippen LogP contribution in [0, 0.1) is 13.8 Å². The summed E-state index contributed by atoms with van der Waals surface area (Å²) in [5, 5.41) is 0. The fourth-order valence-corrected chi connectivity index (χ4v) is 2.87. The lowest BCUT2D eigenvalue weighted by Crippen LogP contribution is -2.30. The molecule has 4 nitrogen and oxygen atoms in total. The molecule has 1 aromatic rings. The maximum atomic E-state index is 12.3. The number of hydrogen-bond acceptors (Lipinski definition) is 3. The number of alkyl halides is 1. The van der Waals surface area contributed by atoms with E-state index in [-0.39, 0.29) is 0 Å². The lowest BCUT2D eigenvalue weighted by molar-refractivity contribution is 0.140. The fourth-order valence-electron chi connectivity index (χ4n) is 1.52. The monoisotopic (exact) mass is 305 g/mol. The Morgan fingerprint density at radius 2 is 1.89 bits per heavy atom. The maximum absolute atomic E-state index is 12.3. The van der Waals surface area contributed by atoms with Crippen molar-refractivity contribution in [1.82, 2.24) is 4.31 Å². The Balaban J connectivity index is 2.76. The van der Waals surface area contributed by atoms with Crippen molar-refractivity contribution in [2.24, 2.45) is 0 Å². The van der Waals surface area contributed by atoms with Gasteiger partial charge in [0.05, 0.1) is 18.1 Å². The average molecular weight is 306 g/mol. The highest BCUT2D eigenvalue weighted by atomic mass is 35.5. The molecule has 0 N–H and O–H groups in total. The minimum Gasteiger partial charge on any atom is -0.379 e. The molecule has 108 valence electrons. The van der Waals surface area contributed by atoms with Gasteiger partial charge in [0.15, 0.2) is 0 Å². The zero-order valence-corrected chi connectivity index (χ0v) is 13.1. The van der Waals surface area contributed by atoms with E-state index in [1.807, 2.05) is 19.9 Å². The third-order valence-electron chi connectivity index (χ3n) is 2.96. The van der Waals surface area contributed by atoms with E-state index in [0.717, 1.165) is 11.1 Å². The highest BCUT2D eigenvalue weighted by Crippen LogP contribution is 2.17. The summed E-state index contributed by atoms with van der Waals surface area (Å²) < 4.78 is 31.1. The van der Waals surface area contributed by atoms with Gasteiger partial charge in [0, 0.05) is 19.5 Å². The van der Waals surface area contributed by atoms with Gasteiger partial charge in [-0.2, -0.15) is 4.31 Å². The first-order valence-electron chi connectivity index (χ1n) is 6.07. The third kappa shape index (κ3) is 4.45. The molecule has 19 heavy (non-hydrogen) atoms. The van der Waals surface area contributed by atoms with E-state index in [2.05, 4.69) is 0 Å². The van der Waals surface area contributed by atoms with Crippen molar-refractivity contribution in [3.8, 4) is 0 Å². The second-order valence-corrected chi connectivity index (χ2v) is 6.80. The number of rotatable bonds is 7. The van der Waals surface area contributed by atoms with Crippen LogP contribution < -0.4 is 0 Å². The Hall–Kier alpha value is -0.620. The van der Waals surface area contributed by atoms with Crippen LogP contribution in [0.3, 0.4) is 0 Å². The van der Waals surface area contributed by atoms with E-state index < -0.39 is 10.0 Å². The smallest absolute Gasteiger partial charge is 0.242 e. The van der Waals surface area contributed by atoms with Crippen LogP contribution in [-0.2, 0) is 14.8 Å². The fraction of sp³-hybridized carbons (Fsp3) is 0.538. The van der Waals surface area contributed by atoms with E-state index in [1.54, 1.807) is 19.2 Å². The van der Waals surface area contributed by atoms with Crippen LogP contribution in [0.1, 0.15) is 11.1 Å². The van der Waals surface area contributed by atoms with Gasteiger partial charge in [-0.3, -0.25) is 0 Å². The molecule has 6 heteroatoms. The molecule has 0 spiro atoms. The Bertz CT molecular complexity index is 517. The molecule has 0 unspecified atom stereocenters. The number of ether oxygens (including phenoxy) is 1. The average Bonchev–Trinajstić information content (AvgIpc) is 2.37. The van der Waals surface area contributed by atoms with Crippen LogP contribution in [0.25, 0.3) is 0 Å². The second kappa shape index (κ2) is 7.24. The van der Waals surface area contributed by atoms with Crippen molar-refractivity contribution < 1.29 is 13.2 Å². The van der Waals surface area contributed by atoms with Crippen LogP contribution in [0.2, 0.25) is 0 Å². The summed E-state index contributed by atoms with van der Waals surface area (Å²) in [7, 11) is -1.89. The molecule has 0 bridgehead atoms. The van der Waals surface area contributed by atoms with Gasteiger partial charge < -0.3 is 4.74 Å². The number of halogens is 1. The summed E-state index contributed by atoms with van der Waals surface area (Å²) in [6.45, 7) is 4.94. The maximum Gasteiger partial charge on any atom is 0.242 e. The Labute approximate surface area is 120 Å². The standard InChI is InChI=1S/C13H20ClNO3S/c1-11-4-5-13(10-12(11)2)19(16,17)15(3)7-9-18-8-6-14/h4-5,10H,6-9H2,1-3H3. The quantitative estimate of drug-likeness (QED) is 0.573. The van der Waals surface area contributed by atoms with Gasteiger partial charge in [-0.25, -0.2) is 8.42 Å². The Kier molecular flexibility index (Phi) is 6.26. The summed E-state index contributed by atoms with van der Waals surface area (Å²) in [6, 6.07) is 5.15. The second-order valence-electron chi connectivity index (χ2n) is 4.37. The highest BCUT2D eigenvalue weighted by Gasteiger charge is 2.20. The van der Waals surface area contributed by atoms with Gasteiger partial charge in [0.25, 0.3) is 0 Å². The Morgan fingerprint density at radius 3 is 2.47 bits per heavy atom. The summed E-state index contributed by atoms with van der Waals surface area (Å²) in [4.78, 5) is 0.315. The highest BCUT2D eigenvalue weighted by molar-refractivity contribution is 7.89. The molecule has 0 atom stereocenters. The topological polar surface area (TPSA) is 46.6 Å². The van der Waals surface area contributed by atoms with Crippen molar-refractivity contribution in [3.63, 3.8) is 0 Å². The van der Waals surface area contributed by atoms with Gasteiger partial charge >= 0.3 is 0 Å². The molecular formula is C13H20ClNO3S. The molecule has 1 aromatic carbocycles. The lowest BCUT2D eigenvalue weighted by atomic mass is 10.1. The number of benzene rings is 1. The SMILES string of the molecule is Cc1ccc(S(=O)(=O)N(C)CCOCCCl)cc1C. The molecule has 0 fully saturated rings. The van der Waals surface area contributed by atoms with Crippen molar-refractivity contribution in [1.29, 1.82) is 0 Å². The van der Waals surface area contributed by atoms with Crippen molar-refractivity contribution >= 4 is 21.6 Å². The molecule has 0 aliphatic heterocycles. The van der Waals surface area contributed by atoms with Gasteiger partial charge in [0.1, 0.15) is 0 Å². The molecule has 0 amide bonds. The molecular weight excluding hydrogens is 286 g/mol. The molecule has 0 saturated heterocycles. The van der Waals surface area contributed by atoms with Gasteiger partial charge in [-0.15, -0.1) is 11.6 Å². The normalized spacial score (nSPS) is 12.1. The molecule has 1 rings (SSSR count). The third-order valence-corrected chi connectivity index (χ3v) is 4.97. The Morgan fingerprint density at radius 1 is 1.21 bits per heavy atom. The number of hydrogen-bond donors (Lipinski definition) is 0. The summed E-state index contributed by atoms with van der Waals surface area (Å²) >= 11 is 5.48. The zero-order chi connectivity index (χ0) is 14.5. The predicted octanol–water partition coefficient (Wildman–Crippen LogP) is 2.18. The minimum absolute atomic E-state index is 0.312. The molecule has 0 aliphatic rings. The van der Waals surface area contributed by atoms with E-state index >= 15 is 0 Å². The van der Waals surface area contributed by atoms with E-state index in [1.165, 1.54) is 4.31 Å². The van der Waals surface area contributed by atoms with E-state index in [0.29, 0.717) is 30.5 Å². The number of likely N-dealkylation sites (N-methyl/N-ethyl adjacent to an activating group) is 1. The molecule has 0 aliphatic carbocycles. The minimum atomic E-state index is -3.45. The molecule has 0 aromatic heterocycles. The molecule has 0 saturated carbocycles. The van der Waals surface area contributed by atoms with Gasteiger partial charge in [-0.1, -0.05) is 6.07 Å².